The van der Waals surface area contributed by atoms with Crippen LogP contribution in [0.2, 0.25) is 10.0 Å². The molecule has 1 aliphatic rings. The van der Waals surface area contributed by atoms with E-state index in [0.29, 0.717) is 28.8 Å². The second-order valence-corrected chi connectivity index (χ2v) is 7.15. The van der Waals surface area contributed by atoms with E-state index in [2.05, 4.69) is 16.0 Å². The minimum absolute atomic E-state index is 0.0323. The van der Waals surface area contributed by atoms with Crippen LogP contribution in [0.25, 0.3) is 0 Å². The molecule has 0 aliphatic carbocycles. The van der Waals surface area contributed by atoms with Crippen molar-refractivity contribution in [3.8, 4) is 0 Å². The van der Waals surface area contributed by atoms with Gasteiger partial charge in [0.1, 0.15) is 0 Å². The molecule has 0 radical (unpaired) electrons. The largest absolute Gasteiger partial charge is 0.359 e. The summed E-state index contributed by atoms with van der Waals surface area (Å²) < 4.78 is 0. The van der Waals surface area contributed by atoms with E-state index in [1.165, 1.54) is 0 Å². The zero-order chi connectivity index (χ0) is 19.4. The molecule has 1 saturated heterocycles. The molecule has 3 amide bonds. The Hall–Kier alpha value is -2.44. The molecule has 1 aliphatic heterocycles. The van der Waals surface area contributed by atoms with Gasteiger partial charge in [0.05, 0.1) is 23.3 Å². The van der Waals surface area contributed by atoms with Gasteiger partial charge in [0.2, 0.25) is 5.91 Å². The average molecular weight is 407 g/mol. The molecule has 1 unspecified atom stereocenters. The van der Waals surface area contributed by atoms with Gasteiger partial charge in [0, 0.05) is 23.8 Å². The topological polar surface area (TPSA) is 73.5 Å². The number of hydrogen-bond donors (Lipinski definition) is 3. The quantitative estimate of drug-likeness (QED) is 0.722. The van der Waals surface area contributed by atoms with Crippen LogP contribution in [0.4, 0.5) is 16.2 Å². The number of anilines is 2. The third-order valence-electron chi connectivity index (χ3n) is 4.30. The number of rotatable bonds is 4. The molecule has 8 heteroatoms. The van der Waals surface area contributed by atoms with E-state index in [-0.39, 0.29) is 24.5 Å². The fourth-order valence-corrected chi connectivity index (χ4v) is 3.31. The molecule has 2 aromatic rings. The number of halogens is 2. The Morgan fingerprint density at radius 1 is 1.19 bits per heavy atom. The number of nitrogens with zero attached hydrogens (tertiary/aromatic N) is 1. The van der Waals surface area contributed by atoms with Gasteiger partial charge in [-0.15, -0.1) is 0 Å². The van der Waals surface area contributed by atoms with Crippen LogP contribution in [0.1, 0.15) is 18.5 Å². The van der Waals surface area contributed by atoms with E-state index in [4.69, 9.17) is 23.2 Å². The molecule has 0 bridgehead atoms. The van der Waals surface area contributed by atoms with Crippen LogP contribution < -0.4 is 20.9 Å². The molecular weight excluding hydrogens is 387 g/mol. The maximum Gasteiger partial charge on any atom is 0.319 e. The van der Waals surface area contributed by atoms with E-state index < -0.39 is 0 Å². The SMILES string of the molecule is CC(NC(=O)Nc1ccc(N2CCNC(=O)C2)c(Cl)c1)c1ccc(Cl)cc1. The normalized spacial score (nSPS) is 15.1. The maximum atomic E-state index is 12.2. The van der Waals surface area contributed by atoms with Crippen LogP contribution in [0.3, 0.4) is 0 Å². The number of carbonyl (C=O) groups excluding carboxylic acids is 2. The van der Waals surface area contributed by atoms with Crippen molar-refractivity contribution in [3.05, 3.63) is 58.1 Å². The van der Waals surface area contributed by atoms with Crippen LogP contribution in [-0.4, -0.2) is 31.6 Å². The Kier molecular flexibility index (Phi) is 6.08. The van der Waals surface area contributed by atoms with E-state index >= 15 is 0 Å². The van der Waals surface area contributed by atoms with Gasteiger partial charge in [-0.25, -0.2) is 4.79 Å². The summed E-state index contributed by atoms with van der Waals surface area (Å²) in [4.78, 5) is 25.7. The first-order chi connectivity index (χ1) is 12.9. The Bertz CT molecular complexity index is 842. The molecule has 3 N–H and O–H groups in total. The van der Waals surface area contributed by atoms with Gasteiger partial charge < -0.3 is 20.9 Å². The fraction of sp³-hybridized carbons (Fsp3) is 0.263. The minimum atomic E-state index is -0.335. The average Bonchev–Trinajstić information content (AvgIpc) is 2.62. The van der Waals surface area contributed by atoms with E-state index in [1.54, 1.807) is 30.3 Å². The fourth-order valence-electron chi connectivity index (χ4n) is 2.88. The van der Waals surface area contributed by atoms with Gasteiger partial charge >= 0.3 is 6.03 Å². The molecule has 3 rings (SSSR count). The molecule has 2 aromatic carbocycles. The molecule has 6 nitrogen and oxygen atoms in total. The number of piperazine rings is 1. The van der Waals surface area contributed by atoms with Crippen molar-refractivity contribution in [1.82, 2.24) is 10.6 Å². The monoisotopic (exact) mass is 406 g/mol. The second kappa shape index (κ2) is 8.50. The lowest BCUT2D eigenvalue weighted by molar-refractivity contribution is -0.120. The second-order valence-electron chi connectivity index (χ2n) is 6.31. The Labute approximate surface area is 167 Å². The van der Waals surface area contributed by atoms with Crippen molar-refractivity contribution in [3.63, 3.8) is 0 Å². The first kappa shape index (κ1) is 19.3. The van der Waals surface area contributed by atoms with Crippen LogP contribution in [0.15, 0.2) is 42.5 Å². The zero-order valence-corrected chi connectivity index (χ0v) is 16.3. The first-order valence-electron chi connectivity index (χ1n) is 8.56. The van der Waals surface area contributed by atoms with Crippen LogP contribution in [0.5, 0.6) is 0 Å². The molecule has 1 atom stereocenters. The number of urea groups is 1. The van der Waals surface area contributed by atoms with Crippen molar-refractivity contribution in [2.45, 2.75) is 13.0 Å². The van der Waals surface area contributed by atoms with Crippen molar-refractivity contribution in [2.24, 2.45) is 0 Å². The Balaban J connectivity index is 1.61. The number of amides is 3. The lowest BCUT2D eigenvalue weighted by Gasteiger charge is -2.29. The number of carbonyl (C=O) groups is 2. The summed E-state index contributed by atoms with van der Waals surface area (Å²) in [5, 5.41) is 9.55. The predicted octanol–water partition coefficient (Wildman–Crippen LogP) is 3.81. The Morgan fingerprint density at radius 2 is 1.93 bits per heavy atom. The summed E-state index contributed by atoms with van der Waals surface area (Å²) >= 11 is 12.2. The third kappa shape index (κ3) is 5.05. The summed E-state index contributed by atoms with van der Waals surface area (Å²) in [6.07, 6.45) is 0. The van der Waals surface area contributed by atoms with Gasteiger partial charge in [-0.3, -0.25) is 4.79 Å². The van der Waals surface area contributed by atoms with Crippen LogP contribution in [0, 0.1) is 0 Å². The van der Waals surface area contributed by atoms with Gasteiger partial charge in [-0.05, 0) is 42.8 Å². The zero-order valence-electron chi connectivity index (χ0n) is 14.8. The first-order valence-corrected chi connectivity index (χ1v) is 9.32. The Morgan fingerprint density at radius 3 is 2.59 bits per heavy atom. The molecule has 0 aromatic heterocycles. The molecular formula is C19H20Cl2N4O2. The van der Waals surface area contributed by atoms with Crippen molar-refractivity contribution in [2.75, 3.05) is 29.9 Å². The molecule has 27 heavy (non-hydrogen) atoms. The van der Waals surface area contributed by atoms with Crippen LogP contribution >= 0.6 is 23.2 Å². The van der Waals surface area contributed by atoms with Crippen molar-refractivity contribution in [1.29, 1.82) is 0 Å². The number of benzene rings is 2. The molecule has 0 saturated carbocycles. The maximum absolute atomic E-state index is 12.2. The lowest BCUT2D eigenvalue weighted by Crippen LogP contribution is -2.47. The summed E-state index contributed by atoms with van der Waals surface area (Å²) in [6.45, 7) is 3.43. The minimum Gasteiger partial charge on any atom is -0.359 e. The molecule has 1 heterocycles. The molecule has 1 fully saturated rings. The summed E-state index contributed by atoms with van der Waals surface area (Å²) in [5.74, 6) is -0.0323. The van der Waals surface area contributed by atoms with E-state index in [1.807, 2.05) is 24.0 Å². The highest BCUT2D eigenvalue weighted by Crippen LogP contribution is 2.29. The number of hydrogen-bond acceptors (Lipinski definition) is 3. The van der Waals surface area contributed by atoms with E-state index in [9.17, 15) is 9.59 Å². The van der Waals surface area contributed by atoms with Gasteiger partial charge in [0.15, 0.2) is 0 Å². The number of nitrogens with one attached hydrogen (secondary N) is 3. The highest BCUT2D eigenvalue weighted by atomic mass is 35.5. The lowest BCUT2D eigenvalue weighted by atomic mass is 10.1. The van der Waals surface area contributed by atoms with Crippen molar-refractivity contribution < 1.29 is 9.59 Å². The van der Waals surface area contributed by atoms with Gasteiger partial charge in [-0.2, -0.15) is 0 Å². The highest BCUT2D eigenvalue weighted by Gasteiger charge is 2.19. The third-order valence-corrected chi connectivity index (χ3v) is 4.86. The van der Waals surface area contributed by atoms with Gasteiger partial charge in [-0.1, -0.05) is 35.3 Å². The smallest absolute Gasteiger partial charge is 0.319 e. The van der Waals surface area contributed by atoms with E-state index in [0.717, 1.165) is 11.3 Å². The van der Waals surface area contributed by atoms with Gasteiger partial charge in [0.25, 0.3) is 0 Å². The predicted molar refractivity (Wildman–Crippen MR) is 109 cm³/mol. The van der Waals surface area contributed by atoms with Crippen molar-refractivity contribution >= 4 is 46.5 Å². The summed E-state index contributed by atoms with van der Waals surface area (Å²) in [6, 6.07) is 12.0. The van der Waals surface area contributed by atoms with Crippen LogP contribution in [-0.2, 0) is 4.79 Å². The summed E-state index contributed by atoms with van der Waals surface area (Å²) in [5.41, 5.74) is 2.30. The highest BCUT2D eigenvalue weighted by molar-refractivity contribution is 6.33. The standard InChI is InChI=1S/C19H20Cl2N4O2/c1-12(13-2-4-14(20)5-3-13)23-19(27)24-15-6-7-17(16(21)10-15)25-9-8-22-18(26)11-25/h2-7,10,12H,8-9,11H2,1H3,(H,22,26)(H2,23,24,27). The molecule has 0 spiro atoms. The summed E-state index contributed by atoms with van der Waals surface area (Å²) in [7, 11) is 0. The molecule has 142 valence electrons.